The molecule has 1 aromatic carbocycles. The number of azo groups is 1. The van der Waals surface area contributed by atoms with Crippen LogP contribution in [-0.4, -0.2) is 4.98 Å². The highest BCUT2D eigenvalue weighted by molar-refractivity contribution is 5.86. The average Bonchev–Trinajstić information content (AvgIpc) is 2.71. The molecule has 0 unspecified atom stereocenters. The van der Waals surface area contributed by atoms with Crippen LogP contribution in [0.15, 0.2) is 29.5 Å². The lowest BCUT2D eigenvalue weighted by Crippen LogP contribution is -2.60. The molecule has 1 aliphatic rings. The molecule has 0 radical (unpaired) electrons. The van der Waals surface area contributed by atoms with Crippen LogP contribution in [0, 0.1) is 0 Å². The molecule has 0 atom stereocenters. The lowest BCUT2D eigenvalue weighted by Gasteiger charge is -1.93. The van der Waals surface area contributed by atoms with Gasteiger partial charge in [-0.05, 0) is 17.2 Å². The smallest absolute Gasteiger partial charge is 0.195 e. The first kappa shape index (κ1) is 5.94. The van der Waals surface area contributed by atoms with Crippen LogP contribution in [0.3, 0.4) is 0 Å². The van der Waals surface area contributed by atoms with E-state index in [9.17, 15) is 0 Å². The highest BCUT2D eigenvalue weighted by Crippen LogP contribution is 2.27. The molecule has 0 amide bonds. The Kier molecular flexibility index (Phi) is 0.961. The fourth-order valence-corrected chi connectivity index (χ4v) is 1.67. The van der Waals surface area contributed by atoms with E-state index in [0.29, 0.717) is 0 Å². The molecule has 12 heavy (non-hydrogen) atoms. The van der Waals surface area contributed by atoms with Crippen molar-refractivity contribution >= 4 is 16.6 Å². The summed E-state index contributed by atoms with van der Waals surface area (Å²) in [6, 6.07) is 6.21. The zero-order chi connectivity index (χ0) is 7.97. The molecule has 0 bridgehead atoms. The molecule has 2 aromatic rings. The number of aromatic nitrogens is 1. The van der Waals surface area contributed by atoms with E-state index in [1.54, 1.807) is 0 Å². The fraction of sp³-hybridized carbons (Fsp3) is 0.111. The van der Waals surface area contributed by atoms with Crippen molar-refractivity contribution in [2.75, 3.05) is 0 Å². The Morgan fingerprint density at radius 1 is 1.33 bits per heavy atom. The normalized spacial score (nSPS) is 14.0. The van der Waals surface area contributed by atoms with Crippen LogP contribution in [0.5, 0.6) is 0 Å². The second-order valence-corrected chi connectivity index (χ2v) is 2.95. The van der Waals surface area contributed by atoms with Gasteiger partial charge in [-0.2, -0.15) is 0 Å². The highest BCUT2D eigenvalue weighted by Gasteiger charge is 2.16. The molecule has 3 nitrogen and oxygen atoms in total. The third-order valence-electron chi connectivity index (χ3n) is 2.27. The van der Waals surface area contributed by atoms with E-state index in [0.717, 1.165) is 12.2 Å². The fourth-order valence-electron chi connectivity index (χ4n) is 1.67. The van der Waals surface area contributed by atoms with Gasteiger partial charge in [0.2, 0.25) is 0 Å². The molecule has 0 spiro atoms. The molecule has 3 rings (SSSR count). The quantitative estimate of drug-likeness (QED) is 0.570. The predicted molar refractivity (Wildman–Crippen MR) is 45.1 cm³/mol. The van der Waals surface area contributed by atoms with E-state index in [-0.39, 0.29) is 0 Å². The second-order valence-electron chi connectivity index (χ2n) is 2.95. The van der Waals surface area contributed by atoms with Crippen molar-refractivity contribution in [3.8, 4) is 0 Å². The summed E-state index contributed by atoms with van der Waals surface area (Å²) in [4.78, 5) is 3.22. The van der Waals surface area contributed by atoms with Crippen molar-refractivity contribution in [1.82, 2.24) is 4.98 Å². The Labute approximate surface area is 69.1 Å². The minimum atomic E-state index is 0.840. The van der Waals surface area contributed by atoms with Crippen LogP contribution < -0.4 is 5.11 Å². The molecular weight excluding hydrogens is 150 g/mol. The summed E-state index contributed by atoms with van der Waals surface area (Å²) in [7, 11) is 0. The van der Waals surface area contributed by atoms with E-state index in [2.05, 4.69) is 27.3 Å². The number of aromatic amines is 1. The maximum absolute atomic E-state index is 4.16. The van der Waals surface area contributed by atoms with Gasteiger partial charge in [0, 0.05) is 11.6 Å². The van der Waals surface area contributed by atoms with Crippen molar-refractivity contribution in [2.24, 2.45) is 5.11 Å². The SMILES string of the molecule is c1cc2ccc3c(c2[nH]1)C[NH+]=N3. The first-order valence-corrected chi connectivity index (χ1v) is 3.98. The Morgan fingerprint density at radius 2 is 2.33 bits per heavy atom. The van der Waals surface area contributed by atoms with Crippen molar-refractivity contribution in [3.05, 3.63) is 30.0 Å². The van der Waals surface area contributed by atoms with Crippen LogP contribution in [0.2, 0.25) is 0 Å². The summed E-state index contributed by atoms with van der Waals surface area (Å²) in [5.41, 5.74) is 3.55. The van der Waals surface area contributed by atoms with Crippen LogP contribution in [-0.2, 0) is 6.54 Å². The van der Waals surface area contributed by atoms with E-state index in [4.69, 9.17) is 0 Å². The number of rotatable bonds is 0. The molecule has 58 valence electrons. The van der Waals surface area contributed by atoms with Crippen molar-refractivity contribution in [3.63, 3.8) is 0 Å². The lowest BCUT2D eigenvalue weighted by molar-refractivity contribution is -0.536. The summed E-state index contributed by atoms with van der Waals surface area (Å²) < 4.78 is 0. The van der Waals surface area contributed by atoms with Gasteiger partial charge in [0.15, 0.2) is 6.54 Å². The molecule has 1 aliphatic heterocycles. The zero-order valence-corrected chi connectivity index (χ0v) is 6.46. The Morgan fingerprint density at radius 3 is 3.33 bits per heavy atom. The van der Waals surface area contributed by atoms with Crippen molar-refractivity contribution in [1.29, 1.82) is 0 Å². The lowest BCUT2D eigenvalue weighted by atomic mass is 10.1. The predicted octanol–water partition coefficient (Wildman–Crippen LogP) is 0.846. The summed E-state index contributed by atoms with van der Waals surface area (Å²) >= 11 is 0. The van der Waals surface area contributed by atoms with Crippen LogP contribution in [0.25, 0.3) is 10.9 Å². The molecule has 0 saturated heterocycles. The number of benzene rings is 1. The molecule has 2 heterocycles. The minimum Gasteiger partial charge on any atom is -0.361 e. The molecule has 3 heteroatoms. The first-order chi connectivity index (χ1) is 5.95. The monoisotopic (exact) mass is 158 g/mol. The van der Waals surface area contributed by atoms with Gasteiger partial charge in [0.1, 0.15) is 5.69 Å². The Hall–Kier alpha value is -1.64. The number of nitrogens with one attached hydrogen (secondary N) is 2. The van der Waals surface area contributed by atoms with Crippen LogP contribution in [0.1, 0.15) is 5.56 Å². The van der Waals surface area contributed by atoms with Gasteiger partial charge in [0.25, 0.3) is 0 Å². The average molecular weight is 158 g/mol. The van der Waals surface area contributed by atoms with E-state index in [1.165, 1.54) is 16.5 Å². The summed E-state index contributed by atoms with van der Waals surface area (Å²) in [5.74, 6) is 0. The standard InChI is InChI=1S/C9H7N3/c1-2-8-7(5-11-12-8)9-6(1)3-4-10-9/h1-4,10H,5H2/p+1. The van der Waals surface area contributed by atoms with Gasteiger partial charge in [-0.3, -0.25) is 0 Å². The summed E-state index contributed by atoms with van der Waals surface area (Å²) in [6.45, 7) is 0.840. The molecule has 0 saturated carbocycles. The van der Waals surface area contributed by atoms with E-state index >= 15 is 0 Å². The van der Waals surface area contributed by atoms with Gasteiger partial charge in [-0.25, -0.2) is 0 Å². The molecule has 2 N–H and O–H groups in total. The molecule has 1 aromatic heterocycles. The zero-order valence-electron chi connectivity index (χ0n) is 6.46. The molecule has 0 fully saturated rings. The first-order valence-electron chi connectivity index (χ1n) is 3.98. The van der Waals surface area contributed by atoms with Crippen LogP contribution in [0.4, 0.5) is 5.69 Å². The van der Waals surface area contributed by atoms with Crippen LogP contribution >= 0.6 is 0 Å². The topological polar surface area (TPSA) is 42.1 Å². The van der Waals surface area contributed by atoms with Gasteiger partial charge < -0.3 is 4.98 Å². The van der Waals surface area contributed by atoms with E-state index < -0.39 is 0 Å². The van der Waals surface area contributed by atoms with Crippen molar-refractivity contribution < 1.29 is 5.11 Å². The number of hydrogen-bond acceptors (Lipinski definition) is 1. The molecular formula is C9H8N3+. The van der Waals surface area contributed by atoms with E-state index in [1.807, 2.05) is 12.3 Å². The number of fused-ring (bicyclic) bond motifs is 3. The number of hydrogen-bond donors (Lipinski definition) is 2. The van der Waals surface area contributed by atoms with Gasteiger partial charge in [-0.1, -0.05) is 6.07 Å². The maximum Gasteiger partial charge on any atom is 0.195 e. The third kappa shape index (κ3) is 0.605. The number of H-pyrrole nitrogens is 1. The maximum atomic E-state index is 4.16. The van der Waals surface area contributed by atoms with Gasteiger partial charge in [0.05, 0.1) is 11.1 Å². The second kappa shape index (κ2) is 1.94. The summed E-state index contributed by atoms with van der Waals surface area (Å²) in [6.07, 6.45) is 1.96. The highest BCUT2D eigenvalue weighted by atomic mass is 15.1. The largest absolute Gasteiger partial charge is 0.361 e. The van der Waals surface area contributed by atoms with Gasteiger partial charge >= 0.3 is 0 Å². The van der Waals surface area contributed by atoms with Crippen molar-refractivity contribution in [2.45, 2.75) is 6.54 Å². The summed E-state index contributed by atoms with van der Waals surface area (Å²) in [5, 5.41) is 8.39. The molecule has 0 aliphatic carbocycles. The Balaban J connectivity index is 2.49. The third-order valence-corrected chi connectivity index (χ3v) is 2.27. The minimum absolute atomic E-state index is 0.840. The van der Waals surface area contributed by atoms with Gasteiger partial charge in [-0.15, -0.1) is 5.11 Å². The number of nitrogens with zero attached hydrogens (tertiary/aromatic N) is 1. The Bertz CT molecular complexity index is 468.